The number of fused-ring (bicyclic) bond motifs is 2. The molecule has 1 aromatic heterocycles. The van der Waals surface area contributed by atoms with Gasteiger partial charge < -0.3 is 29.4 Å². The number of nitrogens with one attached hydrogen (secondary N) is 1. The number of ether oxygens (including phenoxy) is 4. The number of hydrogen-bond acceptors (Lipinski definition) is 7. The minimum Gasteiger partial charge on any atom is -0.495 e. The number of aliphatic carboxylic acids is 1. The van der Waals surface area contributed by atoms with Gasteiger partial charge in [0.15, 0.2) is 11.5 Å². The number of carbonyl (C=O) groups is 1. The monoisotopic (exact) mass is 492 g/mol. The third-order valence-corrected chi connectivity index (χ3v) is 6.93. The highest BCUT2D eigenvalue weighted by molar-refractivity contribution is 5.83. The van der Waals surface area contributed by atoms with E-state index in [1.54, 1.807) is 13.3 Å². The average molecular weight is 493 g/mol. The number of methoxy groups -OCH3 is 1. The van der Waals surface area contributed by atoms with Crippen molar-refractivity contribution < 1.29 is 28.8 Å². The summed E-state index contributed by atoms with van der Waals surface area (Å²) in [7, 11) is 1.64. The van der Waals surface area contributed by atoms with Crippen molar-refractivity contribution in [1.82, 2.24) is 10.3 Å². The van der Waals surface area contributed by atoms with Crippen molar-refractivity contribution >= 4 is 16.9 Å². The van der Waals surface area contributed by atoms with Crippen molar-refractivity contribution in [2.75, 3.05) is 20.3 Å². The smallest absolute Gasteiger partial charge is 0.306 e. The van der Waals surface area contributed by atoms with Crippen LogP contribution in [0.5, 0.6) is 17.2 Å². The largest absolute Gasteiger partial charge is 0.495 e. The van der Waals surface area contributed by atoms with Crippen LogP contribution in [0.1, 0.15) is 36.8 Å². The summed E-state index contributed by atoms with van der Waals surface area (Å²) >= 11 is 0. The molecule has 3 heterocycles. The van der Waals surface area contributed by atoms with Crippen LogP contribution in [0.25, 0.3) is 10.9 Å². The van der Waals surface area contributed by atoms with Crippen LogP contribution in [-0.4, -0.2) is 54.6 Å². The van der Waals surface area contributed by atoms with Gasteiger partial charge in [-0.2, -0.15) is 0 Å². The zero-order valence-corrected chi connectivity index (χ0v) is 20.4. The van der Waals surface area contributed by atoms with E-state index in [2.05, 4.69) is 16.4 Å². The first-order chi connectivity index (χ1) is 17.6. The summed E-state index contributed by atoms with van der Waals surface area (Å²) in [5.41, 5.74) is 3.19. The van der Waals surface area contributed by atoms with Crippen molar-refractivity contribution in [2.45, 2.75) is 56.9 Å². The topological polar surface area (TPSA) is 99.1 Å². The Bertz CT molecular complexity index is 1220. The van der Waals surface area contributed by atoms with E-state index in [0.717, 1.165) is 59.4 Å². The van der Waals surface area contributed by atoms with E-state index in [9.17, 15) is 9.90 Å². The Hall–Kier alpha value is -3.36. The second-order valence-corrected chi connectivity index (χ2v) is 9.33. The Labute approximate surface area is 210 Å². The molecule has 2 N–H and O–H groups in total. The quantitative estimate of drug-likeness (QED) is 0.460. The van der Waals surface area contributed by atoms with Crippen LogP contribution in [0, 0.1) is 0 Å². The molecule has 0 unspecified atom stereocenters. The Morgan fingerprint density at radius 1 is 1.14 bits per heavy atom. The highest BCUT2D eigenvalue weighted by Crippen LogP contribution is 2.31. The molecule has 8 nitrogen and oxygen atoms in total. The van der Waals surface area contributed by atoms with Crippen molar-refractivity contribution in [2.24, 2.45) is 0 Å². The number of nitrogens with zero attached hydrogens (tertiary/aromatic N) is 1. The number of benzene rings is 2. The first-order valence-corrected chi connectivity index (χ1v) is 12.5. The van der Waals surface area contributed by atoms with E-state index in [1.165, 1.54) is 5.56 Å². The molecule has 36 heavy (non-hydrogen) atoms. The summed E-state index contributed by atoms with van der Waals surface area (Å²) in [5.74, 6) is 1.40. The second-order valence-electron chi connectivity index (χ2n) is 9.33. The van der Waals surface area contributed by atoms with Crippen molar-refractivity contribution in [1.29, 1.82) is 0 Å². The lowest BCUT2D eigenvalue weighted by atomic mass is 9.92. The fraction of sp³-hybridized carbons (Fsp3) is 0.429. The zero-order valence-electron chi connectivity index (χ0n) is 20.4. The Balaban J connectivity index is 1.21. The Morgan fingerprint density at radius 2 is 2.00 bits per heavy atom. The summed E-state index contributed by atoms with van der Waals surface area (Å²) in [6.07, 6.45) is 4.71. The average Bonchev–Trinajstić information content (AvgIpc) is 2.90. The van der Waals surface area contributed by atoms with Crippen molar-refractivity contribution in [3.63, 3.8) is 0 Å². The number of hydrogen-bond donors (Lipinski definition) is 2. The lowest BCUT2D eigenvalue weighted by molar-refractivity contribution is -0.145. The van der Waals surface area contributed by atoms with Gasteiger partial charge in [-0.15, -0.1) is 0 Å². The van der Waals surface area contributed by atoms with Crippen LogP contribution >= 0.6 is 0 Å². The first kappa shape index (κ1) is 24.3. The molecule has 0 aliphatic carbocycles. The van der Waals surface area contributed by atoms with Crippen LogP contribution in [-0.2, 0) is 22.5 Å². The molecule has 5 rings (SSSR count). The molecule has 2 aromatic carbocycles. The standard InChI is InChI=1S/C28H32N2O6/c1-33-21-14-22-19(3-2-4-23(22)30-17-21)6-7-20-8-9-24(26(36-20)15-28(31)32)29-16-18-5-10-25-27(13-18)35-12-11-34-25/h2-5,10,13-14,17,20,24,26,29H,6-9,11-12,15-16H2,1H3,(H,31,32)/t20-,24-,26-/m1/s1. The number of carboxylic acids is 1. The normalized spacial score (nSPS) is 21.3. The van der Waals surface area contributed by atoms with E-state index in [0.29, 0.717) is 19.8 Å². The fourth-order valence-corrected chi connectivity index (χ4v) is 5.05. The van der Waals surface area contributed by atoms with Crippen molar-refractivity contribution in [3.8, 4) is 17.2 Å². The number of pyridine rings is 1. The van der Waals surface area contributed by atoms with Gasteiger partial charge in [-0.1, -0.05) is 18.2 Å². The van der Waals surface area contributed by atoms with Crippen LogP contribution < -0.4 is 19.5 Å². The van der Waals surface area contributed by atoms with Crippen LogP contribution in [0.2, 0.25) is 0 Å². The first-order valence-electron chi connectivity index (χ1n) is 12.5. The van der Waals surface area contributed by atoms with E-state index in [-0.39, 0.29) is 24.7 Å². The predicted molar refractivity (Wildman–Crippen MR) is 135 cm³/mol. The van der Waals surface area contributed by atoms with Gasteiger partial charge >= 0.3 is 5.97 Å². The lowest BCUT2D eigenvalue weighted by Gasteiger charge is -2.37. The van der Waals surface area contributed by atoms with Gasteiger partial charge in [-0.25, -0.2) is 0 Å². The molecule has 1 saturated heterocycles. The lowest BCUT2D eigenvalue weighted by Crippen LogP contribution is -2.48. The maximum atomic E-state index is 11.6. The van der Waals surface area contributed by atoms with E-state index in [1.807, 2.05) is 36.4 Å². The van der Waals surface area contributed by atoms with Gasteiger partial charge in [-0.3, -0.25) is 9.78 Å². The maximum absolute atomic E-state index is 11.6. The number of carboxylic acid groups (broad SMARTS) is 1. The van der Waals surface area contributed by atoms with Gasteiger partial charge in [0, 0.05) is 18.0 Å². The third-order valence-electron chi connectivity index (χ3n) is 6.93. The number of rotatable bonds is 9. The summed E-state index contributed by atoms with van der Waals surface area (Å²) < 4.78 is 23.0. The fourth-order valence-electron chi connectivity index (χ4n) is 5.05. The predicted octanol–water partition coefficient (Wildman–Crippen LogP) is 4.13. The second kappa shape index (κ2) is 11.1. The molecule has 3 aromatic rings. The van der Waals surface area contributed by atoms with Gasteiger partial charge in [0.2, 0.25) is 0 Å². The van der Waals surface area contributed by atoms with E-state index < -0.39 is 5.97 Å². The summed E-state index contributed by atoms with van der Waals surface area (Å²) in [6, 6.07) is 14.0. The van der Waals surface area contributed by atoms with Gasteiger partial charge in [0.25, 0.3) is 0 Å². The van der Waals surface area contributed by atoms with Crippen LogP contribution in [0.3, 0.4) is 0 Å². The summed E-state index contributed by atoms with van der Waals surface area (Å²) in [6.45, 7) is 1.72. The maximum Gasteiger partial charge on any atom is 0.306 e. The molecule has 3 atom stereocenters. The summed E-state index contributed by atoms with van der Waals surface area (Å²) in [5, 5.41) is 14.1. The Kier molecular flexibility index (Phi) is 7.53. The Morgan fingerprint density at radius 3 is 2.83 bits per heavy atom. The molecule has 0 bridgehead atoms. The van der Waals surface area contributed by atoms with E-state index in [4.69, 9.17) is 18.9 Å². The molecule has 190 valence electrons. The molecular weight excluding hydrogens is 460 g/mol. The molecule has 2 aliphatic heterocycles. The molecule has 0 radical (unpaired) electrons. The minimum absolute atomic E-state index is 0.00974. The minimum atomic E-state index is -0.848. The molecule has 8 heteroatoms. The molecular formula is C28H32N2O6. The summed E-state index contributed by atoms with van der Waals surface area (Å²) in [4.78, 5) is 16.1. The van der Waals surface area contributed by atoms with Crippen LogP contribution in [0.15, 0.2) is 48.7 Å². The van der Waals surface area contributed by atoms with Gasteiger partial charge in [-0.05, 0) is 61.1 Å². The number of aryl methyl sites for hydroxylation is 1. The molecule has 0 amide bonds. The van der Waals surface area contributed by atoms with Crippen molar-refractivity contribution in [3.05, 3.63) is 59.8 Å². The van der Waals surface area contributed by atoms with Gasteiger partial charge in [0.05, 0.1) is 37.5 Å². The third kappa shape index (κ3) is 5.71. The SMILES string of the molecule is COc1cnc2cccc(CC[C@@H]3CC[C@@H](NCc4ccc5c(c4)OCCO5)[C@@H](CC(=O)O)O3)c2c1. The molecule has 2 aliphatic rings. The van der Waals surface area contributed by atoms with Gasteiger partial charge in [0.1, 0.15) is 19.0 Å². The highest BCUT2D eigenvalue weighted by Gasteiger charge is 2.32. The number of aromatic nitrogens is 1. The van der Waals surface area contributed by atoms with E-state index >= 15 is 0 Å². The zero-order chi connectivity index (χ0) is 24.9. The molecule has 0 saturated carbocycles. The van der Waals surface area contributed by atoms with Crippen LogP contribution in [0.4, 0.5) is 0 Å². The molecule has 1 fully saturated rings. The highest BCUT2D eigenvalue weighted by atomic mass is 16.6. The molecule has 0 spiro atoms.